The van der Waals surface area contributed by atoms with Crippen LogP contribution in [0, 0.1) is 5.92 Å². The zero-order valence-electron chi connectivity index (χ0n) is 8.06. The Morgan fingerprint density at radius 1 is 1.57 bits per heavy atom. The van der Waals surface area contributed by atoms with E-state index in [-0.39, 0.29) is 18.1 Å². The van der Waals surface area contributed by atoms with E-state index in [0.717, 1.165) is 12.8 Å². The first kappa shape index (κ1) is 11.5. The molecule has 0 spiro atoms. The van der Waals surface area contributed by atoms with E-state index in [4.69, 9.17) is 5.11 Å². The zero-order valence-corrected chi connectivity index (χ0v) is 8.88. The van der Waals surface area contributed by atoms with Crippen LogP contribution in [0.2, 0.25) is 0 Å². The van der Waals surface area contributed by atoms with Crippen molar-refractivity contribution in [3.8, 4) is 0 Å². The van der Waals surface area contributed by atoms with Crippen LogP contribution in [0.15, 0.2) is 0 Å². The van der Waals surface area contributed by atoms with Gasteiger partial charge in [-0.25, -0.2) is 13.1 Å². The molecule has 1 rings (SSSR count). The van der Waals surface area contributed by atoms with Crippen LogP contribution in [-0.2, 0) is 14.8 Å². The van der Waals surface area contributed by atoms with Crippen LogP contribution in [0.4, 0.5) is 0 Å². The Hall–Kier alpha value is -0.620. The average Bonchev–Trinajstić information content (AvgIpc) is 2.84. The molecule has 0 aromatic heterocycles. The van der Waals surface area contributed by atoms with Crippen molar-refractivity contribution in [1.82, 2.24) is 4.72 Å². The molecule has 0 aromatic rings. The molecule has 6 heteroatoms. The third kappa shape index (κ3) is 3.63. The van der Waals surface area contributed by atoms with Crippen molar-refractivity contribution >= 4 is 16.0 Å². The van der Waals surface area contributed by atoms with E-state index in [9.17, 15) is 13.2 Å². The number of hydrogen-bond donors (Lipinski definition) is 2. The molecule has 14 heavy (non-hydrogen) atoms. The zero-order chi connectivity index (χ0) is 10.8. The first-order valence-electron chi connectivity index (χ1n) is 4.66. The smallest absolute Gasteiger partial charge is 0.304 e. The summed E-state index contributed by atoms with van der Waals surface area (Å²) in [6.45, 7) is 1.53. The van der Waals surface area contributed by atoms with E-state index in [2.05, 4.69) is 4.72 Å². The highest BCUT2D eigenvalue weighted by atomic mass is 32.2. The van der Waals surface area contributed by atoms with E-state index < -0.39 is 22.0 Å². The third-order valence-electron chi connectivity index (χ3n) is 2.30. The predicted octanol–water partition coefficient (Wildman–Crippen LogP) is 0.179. The second kappa shape index (κ2) is 4.27. The number of aliphatic carboxylic acids is 1. The largest absolute Gasteiger partial charge is 0.481 e. The molecule has 5 nitrogen and oxygen atoms in total. The lowest BCUT2D eigenvalue weighted by Gasteiger charge is -2.15. The van der Waals surface area contributed by atoms with Gasteiger partial charge in [-0.2, -0.15) is 0 Å². The molecule has 0 radical (unpaired) electrons. The molecule has 1 unspecified atom stereocenters. The quantitative estimate of drug-likeness (QED) is 0.670. The summed E-state index contributed by atoms with van der Waals surface area (Å²) in [5, 5.41) is 8.60. The molecular formula is C8H15NO4S. The molecule has 2 N–H and O–H groups in total. The summed E-state index contributed by atoms with van der Waals surface area (Å²) in [7, 11) is -3.28. The summed E-state index contributed by atoms with van der Waals surface area (Å²) in [5.41, 5.74) is 0. The molecule has 1 aliphatic rings. The second-order valence-electron chi connectivity index (χ2n) is 3.56. The Labute approximate surface area is 83.6 Å². The van der Waals surface area contributed by atoms with Crippen molar-refractivity contribution in [2.24, 2.45) is 5.92 Å². The number of carboxylic acid groups (broad SMARTS) is 1. The summed E-state index contributed by atoms with van der Waals surface area (Å²) >= 11 is 0. The molecule has 1 atom stereocenters. The van der Waals surface area contributed by atoms with Gasteiger partial charge in [0.1, 0.15) is 0 Å². The van der Waals surface area contributed by atoms with Crippen molar-refractivity contribution in [3.05, 3.63) is 0 Å². The van der Waals surface area contributed by atoms with Crippen molar-refractivity contribution < 1.29 is 18.3 Å². The molecule has 0 heterocycles. The van der Waals surface area contributed by atoms with Gasteiger partial charge in [-0.05, 0) is 25.7 Å². The Kier molecular flexibility index (Phi) is 3.49. The number of hydrogen-bond acceptors (Lipinski definition) is 3. The maximum atomic E-state index is 11.2. The molecule has 0 amide bonds. The maximum absolute atomic E-state index is 11.2. The van der Waals surface area contributed by atoms with Crippen LogP contribution in [0.1, 0.15) is 26.2 Å². The van der Waals surface area contributed by atoms with Crippen LogP contribution in [0.5, 0.6) is 0 Å². The van der Waals surface area contributed by atoms with E-state index in [0.29, 0.717) is 0 Å². The average molecular weight is 221 g/mol. The van der Waals surface area contributed by atoms with Crippen LogP contribution < -0.4 is 4.72 Å². The number of carboxylic acids is 1. The van der Waals surface area contributed by atoms with Crippen LogP contribution in [-0.4, -0.2) is 31.3 Å². The number of rotatable bonds is 6. The van der Waals surface area contributed by atoms with Crippen LogP contribution in [0.3, 0.4) is 0 Å². The van der Waals surface area contributed by atoms with E-state index in [1.165, 1.54) is 6.92 Å². The Morgan fingerprint density at radius 2 is 2.14 bits per heavy atom. The minimum atomic E-state index is -3.28. The Bertz CT molecular complexity index is 307. The van der Waals surface area contributed by atoms with Crippen molar-refractivity contribution in [2.75, 3.05) is 5.75 Å². The SMILES string of the molecule is CCS(=O)(=O)NC(CC(=O)O)C1CC1. The van der Waals surface area contributed by atoms with E-state index in [1.807, 2.05) is 0 Å². The normalized spacial score (nSPS) is 19.2. The fraction of sp³-hybridized carbons (Fsp3) is 0.875. The van der Waals surface area contributed by atoms with Crippen molar-refractivity contribution in [1.29, 1.82) is 0 Å². The van der Waals surface area contributed by atoms with E-state index in [1.54, 1.807) is 0 Å². The molecule has 1 fully saturated rings. The maximum Gasteiger partial charge on any atom is 0.304 e. The summed E-state index contributed by atoms with van der Waals surface area (Å²) in [6.07, 6.45) is 1.72. The summed E-state index contributed by atoms with van der Waals surface area (Å²) in [4.78, 5) is 10.5. The van der Waals surface area contributed by atoms with Gasteiger partial charge in [-0.1, -0.05) is 0 Å². The number of carbonyl (C=O) groups is 1. The standard InChI is InChI=1S/C8H15NO4S/c1-2-14(12,13)9-7(5-8(10)11)6-3-4-6/h6-7,9H,2-5H2,1H3,(H,10,11). The van der Waals surface area contributed by atoms with Gasteiger partial charge in [0.15, 0.2) is 0 Å². The molecule has 0 saturated heterocycles. The first-order valence-corrected chi connectivity index (χ1v) is 6.31. The van der Waals surface area contributed by atoms with Gasteiger partial charge in [0, 0.05) is 6.04 Å². The Balaban J connectivity index is 2.55. The fourth-order valence-electron chi connectivity index (χ4n) is 1.31. The topological polar surface area (TPSA) is 83.5 Å². The minimum absolute atomic E-state index is 0.00413. The highest BCUT2D eigenvalue weighted by Crippen LogP contribution is 2.34. The molecule has 1 aliphatic carbocycles. The summed E-state index contributed by atoms with van der Waals surface area (Å²) < 4.78 is 24.9. The van der Waals surface area contributed by atoms with Crippen LogP contribution in [0.25, 0.3) is 0 Å². The molecule has 1 saturated carbocycles. The highest BCUT2D eigenvalue weighted by molar-refractivity contribution is 7.89. The summed E-state index contributed by atoms with van der Waals surface area (Å²) in [5.74, 6) is -0.747. The third-order valence-corrected chi connectivity index (χ3v) is 3.72. The molecule has 0 aromatic carbocycles. The van der Waals surface area contributed by atoms with Gasteiger partial charge in [0.2, 0.25) is 10.0 Å². The van der Waals surface area contributed by atoms with E-state index >= 15 is 0 Å². The predicted molar refractivity (Wildman–Crippen MR) is 51.4 cm³/mol. The van der Waals surface area contributed by atoms with Crippen molar-refractivity contribution in [3.63, 3.8) is 0 Å². The lowest BCUT2D eigenvalue weighted by molar-refractivity contribution is -0.137. The first-order chi connectivity index (χ1) is 6.44. The summed E-state index contributed by atoms with van der Waals surface area (Å²) in [6, 6.07) is -0.419. The lowest BCUT2D eigenvalue weighted by atomic mass is 10.1. The molecule has 82 valence electrons. The molecule has 0 aliphatic heterocycles. The minimum Gasteiger partial charge on any atom is -0.481 e. The Morgan fingerprint density at radius 3 is 2.50 bits per heavy atom. The number of nitrogens with one attached hydrogen (secondary N) is 1. The van der Waals surface area contributed by atoms with Crippen molar-refractivity contribution in [2.45, 2.75) is 32.2 Å². The van der Waals surface area contributed by atoms with Gasteiger partial charge in [0.05, 0.1) is 12.2 Å². The molecule has 0 bridgehead atoms. The molecular weight excluding hydrogens is 206 g/mol. The lowest BCUT2D eigenvalue weighted by Crippen LogP contribution is -2.38. The van der Waals surface area contributed by atoms with Gasteiger partial charge in [-0.3, -0.25) is 4.79 Å². The van der Waals surface area contributed by atoms with Gasteiger partial charge < -0.3 is 5.11 Å². The van der Waals surface area contributed by atoms with Gasteiger partial charge >= 0.3 is 5.97 Å². The number of sulfonamides is 1. The van der Waals surface area contributed by atoms with Crippen LogP contribution >= 0.6 is 0 Å². The monoisotopic (exact) mass is 221 g/mol. The fourth-order valence-corrected chi connectivity index (χ4v) is 2.21. The van der Waals surface area contributed by atoms with Gasteiger partial charge in [0.25, 0.3) is 0 Å². The highest BCUT2D eigenvalue weighted by Gasteiger charge is 2.34. The van der Waals surface area contributed by atoms with Gasteiger partial charge in [-0.15, -0.1) is 0 Å². The second-order valence-corrected chi connectivity index (χ2v) is 5.61.